The minimum atomic E-state index is -2.36. The third-order valence-corrected chi connectivity index (χ3v) is 3.17. The van der Waals surface area contributed by atoms with E-state index in [2.05, 4.69) is 29.5 Å². The number of nitrogens with zero attached hydrogens (tertiary/aromatic N) is 1. The molecule has 2 N–H and O–H groups in total. The molecule has 0 aromatic heterocycles. The fourth-order valence-corrected chi connectivity index (χ4v) is 1.04. The fourth-order valence-electron chi connectivity index (χ4n) is 0.850. The molecule has 0 rings (SSSR count). The Labute approximate surface area is 100 Å². The van der Waals surface area contributed by atoms with E-state index >= 15 is 0 Å². The molecular formula is C10H21F2N3S. The van der Waals surface area contributed by atoms with Crippen molar-refractivity contribution in [2.45, 2.75) is 31.9 Å². The van der Waals surface area contributed by atoms with Gasteiger partial charge in [-0.1, -0.05) is 0 Å². The lowest BCUT2D eigenvalue weighted by atomic mass is 10.2. The SMILES string of the molecule is CCNC(=NCC(C)(C)SC)NCC(F)F. The van der Waals surface area contributed by atoms with Gasteiger partial charge in [-0.05, 0) is 27.0 Å². The Kier molecular flexibility index (Phi) is 7.45. The second kappa shape index (κ2) is 7.70. The fraction of sp³-hybridized carbons (Fsp3) is 0.900. The van der Waals surface area contributed by atoms with Crippen molar-refractivity contribution in [3.63, 3.8) is 0 Å². The average Bonchev–Trinajstić information content (AvgIpc) is 2.22. The van der Waals surface area contributed by atoms with Gasteiger partial charge in [0.05, 0.1) is 13.1 Å². The number of hydrogen-bond acceptors (Lipinski definition) is 2. The van der Waals surface area contributed by atoms with E-state index in [1.165, 1.54) is 0 Å². The summed E-state index contributed by atoms with van der Waals surface area (Å²) in [5, 5.41) is 5.53. The first-order valence-corrected chi connectivity index (χ1v) is 6.49. The molecule has 0 saturated heterocycles. The maximum absolute atomic E-state index is 12.0. The highest BCUT2D eigenvalue weighted by Crippen LogP contribution is 2.20. The van der Waals surface area contributed by atoms with E-state index in [0.717, 1.165) is 0 Å². The molecule has 0 aliphatic rings. The lowest BCUT2D eigenvalue weighted by Crippen LogP contribution is -2.40. The number of nitrogens with one attached hydrogen (secondary N) is 2. The van der Waals surface area contributed by atoms with Crippen LogP contribution < -0.4 is 10.6 Å². The number of hydrogen-bond donors (Lipinski definition) is 2. The molecule has 0 fully saturated rings. The van der Waals surface area contributed by atoms with Crippen LogP contribution in [0.5, 0.6) is 0 Å². The van der Waals surface area contributed by atoms with Gasteiger partial charge in [0.1, 0.15) is 0 Å². The summed E-state index contributed by atoms with van der Waals surface area (Å²) in [7, 11) is 0. The van der Waals surface area contributed by atoms with Gasteiger partial charge in [0.2, 0.25) is 0 Å². The molecule has 0 aromatic rings. The predicted octanol–water partition coefficient (Wildman–Crippen LogP) is 1.95. The Morgan fingerprint density at radius 3 is 2.44 bits per heavy atom. The molecule has 3 nitrogen and oxygen atoms in total. The van der Waals surface area contributed by atoms with E-state index in [1.54, 1.807) is 11.8 Å². The Bertz CT molecular complexity index is 220. The number of aliphatic imine (C=N–C) groups is 1. The van der Waals surface area contributed by atoms with Gasteiger partial charge in [-0.2, -0.15) is 11.8 Å². The number of rotatable bonds is 6. The topological polar surface area (TPSA) is 36.4 Å². The summed E-state index contributed by atoms with van der Waals surface area (Å²) in [6.45, 7) is 6.92. The Hall–Kier alpha value is -0.520. The van der Waals surface area contributed by atoms with Gasteiger partial charge in [-0.25, -0.2) is 8.78 Å². The van der Waals surface area contributed by atoms with E-state index in [9.17, 15) is 8.78 Å². The number of halogens is 2. The molecule has 96 valence electrons. The van der Waals surface area contributed by atoms with Gasteiger partial charge in [-0.3, -0.25) is 4.99 Å². The van der Waals surface area contributed by atoms with Crippen LogP contribution in [0.1, 0.15) is 20.8 Å². The molecule has 0 bridgehead atoms. The quantitative estimate of drug-likeness (QED) is 0.561. The molecule has 0 aromatic carbocycles. The molecule has 0 aliphatic carbocycles. The van der Waals surface area contributed by atoms with Crippen LogP contribution in [0.15, 0.2) is 4.99 Å². The van der Waals surface area contributed by atoms with E-state index in [4.69, 9.17) is 0 Å². The van der Waals surface area contributed by atoms with Gasteiger partial charge in [0.15, 0.2) is 5.96 Å². The molecular weight excluding hydrogens is 232 g/mol. The standard InChI is InChI=1S/C10H21F2N3S/c1-5-13-9(14-6-8(11)12)15-7-10(2,3)16-4/h8H,5-7H2,1-4H3,(H2,13,14,15). The summed E-state index contributed by atoms with van der Waals surface area (Å²) in [6, 6.07) is 0. The summed E-state index contributed by atoms with van der Waals surface area (Å²) in [5.74, 6) is 0.449. The maximum Gasteiger partial charge on any atom is 0.255 e. The van der Waals surface area contributed by atoms with Crippen LogP contribution in [0.3, 0.4) is 0 Å². The van der Waals surface area contributed by atoms with Gasteiger partial charge >= 0.3 is 0 Å². The monoisotopic (exact) mass is 253 g/mol. The van der Waals surface area contributed by atoms with E-state index < -0.39 is 6.43 Å². The summed E-state index contributed by atoms with van der Waals surface area (Å²) in [5.41, 5.74) is 0. The highest BCUT2D eigenvalue weighted by atomic mass is 32.2. The van der Waals surface area contributed by atoms with Gasteiger partial charge in [-0.15, -0.1) is 0 Å². The lowest BCUT2D eigenvalue weighted by molar-refractivity contribution is 0.152. The number of guanidine groups is 1. The second-order valence-corrected chi connectivity index (χ2v) is 5.44. The predicted molar refractivity (Wildman–Crippen MR) is 67.6 cm³/mol. The maximum atomic E-state index is 12.0. The van der Waals surface area contributed by atoms with Crippen molar-refractivity contribution in [2.24, 2.45) is 4.99 Å². The Morgan fingerprint density at radius 2 is 2.00 bits per heavy atom. The van der Waals surface area contributed by atoms with Crippen LogP contribution in [-0.2, 0) is 0 Å². The number of thioether (sulfide) groups is 1. The first kappa shape index (κ1) is 15.5. The molecule has 0 amide bonds. The minimum Gasteiger partial charge on any atom is -0.357 e. The van der Waals surface area contributed by atoms with Crippen LogP contribution in [0.2, 0.25) is 0 Å². The van der Waals surface area contributed by atoms with Gasteiger partial charge < -0.3 is 10.6 Å². The zero-order valence-electron chi connectivity index (χ0n) is 10.3. The van der Waals surface area contributed by atoms with Crippen molar-refractivity contribution in [1.82, 2.24) is 10.6 Å². The minimum absolute atomic E-state index is 0.0210. The van der Waals surface area contributed by atoms with Crippen LogP contribution in [-0.4, -0.2) is 43.0 Å². The van der Waals surface area contributed by atoms with Crippen molar-refractivity contribution in [3.8, 4) is 0 Å². The lowest BCUT2D eigenvalue weighted by Gasteiger charge is -2.20. The van der Waals surface area contributed by atoms with Crippen LogP contribution >= 0.6 is 11.8 Å². The summed E-state index contributed by atoms with van der Waals surface area (Å²) >= 11 is 1.70. The van der Waals surface area contributed by atoms with Crippen LogP contribution in [0.25, 0.3) is 0 Å². The van der Waals surface area contributed by atoms with Gasteiger partial charge in [0, 0.05) is 11.3 Å². The Balaban J connectivity index is 4.23. The molecule has 0 spiro atoms. The van der Waals surface area contributed by atoms with Crippen LogP contribution in [0, 0.1) is 0 Å². The number of alkyl halides is 2. The molecule has 0 unspecified atom stereocenters. The van der Waals surface area contributed by atoms with Crippen molar-refractivity contribution < 1.29 is 8.78 Å². The third-order valence-electron chi connectivity index (χ3n) is 1.94. The molecule has 0 aliphatic heterocycles. The highest BCUT2D eigenvalue weighted by molar-refractivity contribution is 7.99. The van der Waals surface area contributed by atoms with Crippen molar-refractivity contribution in [2.75, 3.05) is 25.9 Å². The van der Waals surface area contributed by atoms with Crippen molar-refractivity contribution in [3.05, 3.63) is 0 Å². The van der Waals surface area contributed by atoms with E-state index in [0.29, 0.717) is 19.0 Å². The summed E-state index contributed by atoms with van der Waals surface area (Å²) in [4.78, 5) is 4.27. The van der Waals surface area contributed by atoms with Gasteiger partial charge in [0.25, 0.3) is 6.43 Å². The molecule has 6 heteroatoms. The second-order valence-electron chi connectivity index (χ2n) is 3.93. The first-order chi connectivity index (χ1) is 7.41. The van der Waals surface area contributed by atoms with E-state index in [-0.39, 0.29) is 11.3 Å². The third kappa shape index (κ3) is 7.73. The smallest absolute Gasteiger partial charge is 0.255 e. The van der Waals surface area contributed by atoms with Crippen molar-refractivity contribution in [1.29, 1.82) is 0 Å². The Morgan fingerprint density at radius 1 is 1.38 bits per heavy atom. The zero-order valence-corrected chi connectivity index (χ0v) is 11.1. The van der Waals surface area contributed by atoms with Crippen molar-refractivity contribution >= 4 is 17.7 Å². The average molecular weight is 253 g/mol. The molecule has 0 atom stereocenters. The zero-order chi connectivity index (χ0) is 12.6. The molecule has 0 heterocycles. The molecule has 0 saturated carbocycles. The first-order valence-electron chi connectivity index (χ1n) is 5.26. The largest absolute Gasteiger partial charge is 0.357 e. The molecule has 0 radical (unpaired) electrons. The molecule has 16 heavy (non-hydrogen) atoms. The summed E-state index contributed by atoms with van der Waals surface area (Å²) < 4.78 is 24.1. The highest BCUT2D eigenvalue weighted by Gasteiger charge is 2.15. The normalized spacial score (nSPS) is 13.1. The summed E-state index contributed by atoms with van der Waals surface area (Å²) in [6.07, 6.45) is -0.355. The van der Waals surface area contributed by atoms with E-state index in [1.807, 2.05) is 13.2 Å². The van der Waals surface area contributed by atoms with Crippen LogP contribution in [0.4, 0.5) is 8.78 Å².